The second-order valence-corrected chi connectivity index (χ2v) is 6.50. The van der Waals surface area contributed by atoms with Crippen LogP contribution in [0, 0.1) is 5.92 Å². The summed E-state index contributed by atoms with van der Waals surface area (Å²) in [5.41, 5.74) is 0.542. The molecule has 0 saturated heterocycles. The van der Waals surface area contributed by atoms with Crippen LogP contribution in [0.5, 0.6) is 0 Å². The number of hydrogen-bond acceptors (Lipinski definition) is 4. The average Bonchev–Trinajstić information content (AvgIpc) is 2.44. The fraction of sp³-hybridized carbons (Fsp3) is 0.588. The van der Waals surface area contributed by atoms with Crippen molar-refractivity contribution in [3.63, 3.8) is 0 Å². The summed E-state index contributed by atoms with van der Waals surface area (Å²) < 4.78 is 5.18. The predicted octanol–water partition coefficient (Wildman–Crippen LogP) is 2.11. The molecule has 0 saturated carbocycles. The zero-order valence-electron chi connectivity index (χ0n) is 13.6. The van der Waals surface area contributed by atoms with E-state index in [2.05, 4.69) is 5.32 Å². The van der Waals surface area contributed by atoms with Gasteiger partial charge in [-0.2, -0.15) is 0 Å². The maximum absolute atomic E-state index is 11.7. The van der Waals surface area contributed by atoms with Crippen molar-refractivity contribution in [1.29, 1.82) is 0 Å². The van der Waals surface area contributed by atoms with Gasteiger partial charge < -0.3 is 20.3 Å². The largest absolute Gasteiger partial charge is 0.444 e. The lowest BCUT2D eigenvalue weighted by molar-refractivity contribution is 0.0465. The summed E-state index contributed by atoms with van der Waals surface area (Å²) in [5.74, 6) is -0.0329. The molecule has 5 heteroatoms. The molecule has 124 valence electrons. The van der Waals surface area contributed by atoms with E-state index in [1.54, 1.807) is 20.8 Å². The first-order chi connectivity index (χ1) is 10.3. The molecule has 0 aliphatic carbocycles. The van der Waals surface area contributed by atoms with Gasteiger partial charge in [0.15, 0.2) is 0 Å². The lowest BCUT2D eigenvalue weighted by Gasteiger charge is -2.25. The van der Waals surface area contributed by atoms with Gasteiger partial charge in [0.1, 0.15) is 5.60 Å². The minimum atomic E-state index is -0.579. The molecule has 0 heterocycles. The highest BCUT2D eigenvalue weighted by atomic mass is 16.6. The fourth-order valence-corrected chi connectivity index (χ4v) is 2.23. The minimum Gasteiger partial charge on any atom is -0.444 e. The van der Waals surface area contributed by atoms with Crippen LogP contribution in [0.4, 0.5) is 4.79 Å². The van der Waals surface area contributed by atoms with E-state index >= 15 is 0 Å². The summed E-state index contributed by atoms with van der Waals surface area (Å²) in [7, 11) is 0. The maximum atomic E-state index is 11.7. The zero-order chi connectivity index (χ0) is 16.6. The first kappa shape index (κ1) is 18.5. The van der Waals surface area contributed by atoms with Gasteiger partial charge in [-0.15, -0.1) is 0 Å². The Kier molecular flexibility index (Phi) is 7.35. The standard InChI is InChI=1S/C17H27NO4/c1-17(2,3)22-16(21)18-15(12-20)10-14(11-19)9-13-7-5-4-6-8-13/h4-8,14-15,19-20H,9-12H2,1-3H3,(H,18,21)/t14?,15-/m0/s1. The molecule has 0 bridgehead atoms. The fourth-order valence-electron chi connectivity index (χ4n) is 2.23. The quantitative estimate of drug-likeness (QED) is 0.721. The Hall–Kier alpha value is -1.59. The second-order valence-electron chi connectivity index (χ2n) is 6.50. The number of carbonyl (C=O) groups excluding carboxylic acids is 1. The molecule has 0 aliphatic heterocycles. The molecule has 22 heavy (non-hydrogen) atoms. The first-order valence-corrected chi connectivity index (χ1v) is 7.59. The van der Waals surface area contributed by atoms with Crippen LogP contribution >= 0.6 is 0 Å². The Balaban J connectivity index is 2.53. The number of aliphatic hydroxyl groups excluding tert-OH is 2. The van der Waals surface area contributed by atoms with Crippen molar-refractivity contribution in [1.82, 2.24) is 5.32 Å². The Morgan fingerprint density at radius 3 is 2.32 bits per heavy atom. The van der Waals surface area contributed by atoms with Gasteiger partial charge >= 0.3 is 6.09 Å². The van der Waals surface area contributed by atoms with Crippen molar-refractivity contribution >= 4 is 6.09 Å². The molecule has 0 aromatic heterocycles. The monoisotopic (exact) mass is 309 g/mol. The molecule has 1 rings (SSSR count). The zero-order valence-corrected chi connectivity index (χ0v) is 13.6. The number of amides is 1. The van der Waals surface area contributed by atoms with E-state index in [1.807, 2.05) is 30.3 Å². The number of hydrogen-bond donors (Lipinski definition) is 3. The van der Waals surface area contributed by atoms with E-state index in [9.17, 15) is 15.0 Å². The smallest absolute Gasteiger partial charge is 0.407 e. The van der Waals surface area contributed by atoms with Crippen molar-refractivity contribution in [2.24, 2.45) is 5.92 Å². The molecule has 2 atom stereocenters. The lowest BCUT2D eigenvalue weighted by atomic mass is 9.93. The number of nitrogens with one attached hydrogen (secondary N) is 1. The summed E-state index contributed by atoms with van der Waals surface area (Å²) in [6, 6.07) is 9.41. The van der Waals surface area contributed by atoms with Crippen molar-refractivity contribution in [2.45, 2.75) is 45.3 Å². The van der Waals surface area contributed by atoms with Gasteiger partial charge in [0.25, 0.3) is 0 Å². The van der Waals surface area contributed by atoms with Gasteiger partial charge in [0.05, 0.1) is 12.6 Å². The van der Waals surface area contributed by atoms with E-state index in [4.69, 9.17) is 4.74 Å². The van der Waals surface area contributed by atoms with Crippen molar-refractivity contribution in [3.05, 3.63) is 35.9 Å². The van der Waals surface area contributed by atoms with Gasteiger partial charge in [0, 0.05) is 6.61 Å². The summed E-state index contributed by atoms with van der Waals surface area (Å²) in [4.78, 5) is 11.7. The second kappa shape index (κ2) is 8.76. The highest BCUT2D eigenvalue weighted by Crippen LogP contribution is 2.15. The van der Waals surface area contributed by atoms with Crippen LogP contribution in [-0.4, -0.2) is 41.2 Å². The van der Waals surface area contributed by atoms with Gasteiger partial charge in [0.2, 0.25) is 0 Å². The third-order valence-electron chi connectivity index (χ3n) is 3.18. The van der Waals surface area contributed by atoms with E-state index < -0.39 is 17.7 Å². The Bertz CT molecular complexity index is 442. The third kappa shape index (κ3) is 7.43. The summed E-state index contributed by atoms with van der Waals surface area (Å²) in [6.45, 7) is 5.16. The van der Waals surface area contributed by atoms with Crippen molar-refractivity contribution in [3.8, 4) is 0 Å². The number of carbonyl (C=O) groups is 1. The van der Waals surface area contributed by atoms with Gasteiger partial charge in [-0.05, 0) is 45.1 Å². The molecule has 1 unspecified atom stereocenters. The highest BCUT2D eigenvalue weighted by molar-refractivity contribution is 5.68. The minimum absolute atomic E-state index is 0.00138. The summed E-state index contributed by atoms with van der Waals surface area (Å²) in [6.07, 6.45) is 0.633. The first-order valence-electron chi connectivity index (χ1n) is 7.59. The van der Waals surface area contributed by atoms with Crippen LogP contribution in [0.2, 0.25) is 0 Å². The normalized spacial score (nSPS) is 14.2. The van der Waals surface area contributed by atoms with Crippen LogP contribution in [0.25, 0.3) is 0 Å². The maximum Gasteiger partial charge on any atom is 0.407 e. The molecular formula is C17H27NO4. The lowest BCUT2D eigenvalue weighted by Crippen LogP contribution is -2.42. The number of alkyl carbamates (subject to hydrolysis) is 1. The Morgan fingerprint density at radius 1 is 1.18 bits per heavy atom. The SMILES string of the molecule is CC(C)(C)OC(=O)N[C@H](CO)CC(CO)Cc1ccccc1. The van der Waals surface area contributed by atoms with Crippen LogP contribution in [-0.2, 0) is 11.2 Å². The molecular weight excluding hydrogens is 282 g/mol. The molecule has 1 amide bonds. The van der Waals surface area contributed by atoms with Gasteiger partial charge in [-0.1, -0.05) is 30.3 Å². The van der Waals surface area contributed by atoms with Gasteiger partial charge in [-0.25, -0.2) is 4.79 Å². The molecule has 1 aromatic rings. The predicted molar refractivity (Wildman–Crippen MR) is 85.6 cm³/mol. The topological polar surface area (TPSA) is 78.8 Å². The van der Waals surface area contributed by atoms with E-state index in [-0.39, 0.29) is 19.1 Å². The summed E-state index contributed by atoms with van der Waals surface area (Å²) >= 11 is 0. The number of aliphatic hydroxyl groups is 2. The molecule has 0 aliphatic rings. The van der Waals surface area contributed by atoms with Crippen LogP contribution in [0.15, 0.2) is 30.3 Å². The van der Waals surface area contributed by atoms with Crippen LogP contribution in [0.3, 0.4) is 0 Å². The third-order valence-corrected chi connectivity index (χ3v) is 3.18. The van der Waals surface area contributed by atoms with Crippen LogP contribution < -0.4 is 5.32 Å². The molecule has 0 radical (unpaired) electrons. The van der Waals surface area contributed by atoms with Gasteiger partial charge in [-0.3, -0.25) is 0 Å². The number of benzene rings is 1. The number of ether oxygens (including phenoxy) is 1. The van der Waals surface area contributed by atoms with Crippen LogP contribution in [0.1, 0.15) is 32.8 Å². The Labute approximate surface area is 132 Å². The Morgan fingerprint density at radius 2 is 1.82 bits per heavy atom. The van der Waals surface area contributed by atoms with Crippen molar-refractivity contribution < 1.29 is 19.7 Å². The molecule has 3 N–H and O–H groups in total. The van der Waals surface area contributed by atoms with E-state index in [1.165, 1.54) is 0 Å². The molecule has 1 aromatic carbocycles. The average molecular weight is 309 g/mol. The molecule has 0 spiro atoms. The molecule has 0 fully saturated rings. The van der Waals surface area contributed by atoms with Crippen molar-refractivity contribution in [2.75, 3.05) is 13.2 Å². The number of rotatable bonds is 7. The molecule has 5 nitrogen and oxygen atoms in total. The highest BCUT2D eigenvalue weighted by Gasteiger charge is 2.21. The summed E-state index contributed by atoms with van der Waals surface area (Å²) in [5, 5.41) is 21.6. The van der Waals surface area contributed by atoms with E-state index in [0.29, 0.717) is 12.8 Å². The van der Waals surface area contributed by atoms with E-state index in [0.717, 1.165) is 5.56 Å².